The van der Waals surface area contributed by atoms with Crippen molar-refractivity contribution in [1.29, 1.82) is 0 Å². The largest absolute Gasteiger partial charge is 0.490 e. The Morgan fingerprint density at radius 3 is 2.50 bits per heavy atom. The molecule has 0 bridgehead atoms. The average Bonchev–Trinajstić information content (AvgIpc) is 2.64. The standard InChI is InChI=1S/C19H34N4O3S.HI/c1-6-16(5)26-18-13-15(4)9-10-17(18)14-22-19(20-7-2)21-11-12-23-27(24,25)8-3;/h9-10,13,16,23H,6-8,11-12,14H2,1-5H3,(H2,20,21,22);1H. The van der Waals surface area contributed by atoms with Crippen molar-refractivity contribution in [3.63, 3.8) is 0 Å². The lowest BCUT2D eigenvalue weighted by Crippen LogP contribution is -2.41. The zero-order valence-electron chi connectivity index (χ0n) is 17.5. The van der Waals surface area contributed by atoms with Gasteiger partial charge in [0.2, 0.25) is 10.0 Å². The van der Waals surface area contributed by atoms with Crippen molar-refractivity contribution in [3.8, 4) is 5.75 Å². The third-order valence-electron chi connectivity index (χ3n) is 4.00. The summed E-state index contributed by atoms with van der Waals surface area (Å²) in [5.41, 5.74) is 2.17. The minimum absolute atomic E-state index is 0. The number of hydrogen-bond donors (Lipinski definition) is 3. The van der Waals surface area contributed by atoms with Crippen LogP contribution in [0.2, 0.25) is 0 Å². The fraction of sp³-hybridized carbons (Fsp3) is 0.632. The van der Waals surface area contributed by atoms with Gasteiger partial charge in [0.05, 0.1) is 18.4 Å². The van der Waals surface area contributed by atoms with E-state index in [1.165, 1.54) is 0 Å². The average molecular weight is 526 g/mol. The maximum Gasteiger partial charge on any atom is 0.211 e. The first kappa shape index (κ1) is 26.9. The van der Waals surface area contributed by atoms with Crippen LogP contribution in [-0.2, 0) is 16.6 Å². The lowest BCUT2D eigenvalue weighted by Gasteiger charge is -2.17. The Hall–Kier alpha value is -1.07. The third kappa shape index (κ3) is 10.5. The van der Waals surface area contributed by atoms with Crippen molar-refractivity contribution >= 4 is 40.0 Å². The number of aryl methyl sites for hydroxylation is 1. The van der Waals surface area contributed by atoms with E-state index in [1.807, 2.05) is 32.0 Å². The molecule has 9 heteroatoms. The van der Waals surface area contributed by atoms with Crippen molar-refractivity contribution in [2.24, 2.45) is 4.99 Å². The van der Waals surface area contributed by atoms with E-state index >= 15 is 0 Å². The molecule has 1 atom stereocenters. The second-order valence-corrected chi connectivity index (χ2v) is 8.46. The number of sulfonamides is 1. The summed E-state index contributed by atoms with van der Waals surface area (Å²) < 4.78 is 31.5. The molecule has 0 fully saturated rings. The topological polar surface area (TPSA) is 91.8 Å². The Morgan fingerprint density at radius 2 is 1.89 bits per heavy atom. The first-order chi connectivity index (χ1) is 12.8. The molecule has 0 aromatic heterocycles. The Morgan fingerprint density at radius 1 is 1.18 bits per heavy atom. The number of nitrogens with zero attached hydrogens (tertiary/aromatic N) is 1. The molecule has 0 aliphatic heterocycles. The lowest BCUT2D eigenvalue weighted by atomic mass is 10.1. The number of halogens is 1. The highest BCUT2D eigenvalue weighted by Gasteiger charge is 2.09. The molecule has 0 saturated heterocycles. The fourth-order valence-corrected chi connectivity index (χ4v) is 2.81. The van der Waals surface area contributed by atoms with Gasteiger partial charge < -0.3 is 15.4 Å². The molecule has 1 unspecified atom stereocenters. The van der Waals surface area contributed by atoms with E-state index in [0.29, 0.717) is 25.6 Å². The number of aliphatic imine (C=N–C) groups is 1. The van der Waals surface area contributed by atoms with Gasteiger partial charge in [-0.05, 0) is 45.7 Å². The molecule has 1 aromatic carbocycles. The molecular weight excluding hydrogens is 491 g/mol. The molecule has 0 aliphatic carbocycles. The molecule has 1 aromatic rings. The van der Waals surface area contributed by atoms with Crippen LogP contribution in [0.3, 0.4) is 0 Å². The fourth-order valence-electron chi connectivity index (χ4n) is 2.20. The van der Waals surface area contributed by atoms with Crippen LogP contribution in [0.1, 0.15) is 45.2 Å². The second-order valence-electron chi connectivity index (χ2n) is 6.37. The molecule has 162 valence electrons. The number of ether oxygens (including phenoxy) is 1. The van der Waals surface area contributed by atoms with Gasteiger partial charge in [-0.2, -0.15) is 0 Å². The van der Waals surface area contributed by atoms with E-state index < -0.39 is 10.0 Å². The van der Waals surface area contributed by atoms with Gasteiger partial charge in [-0.1, -0.05) is 19.1 Å². The molecule has 1 rings (SSSR count). The molecule has 0 saturated carbocycles. The van der Waals surface area contributed by atoms with Gasteiger partial charge in [-0.25, -0.2) is 18.1 Å². The van der Waals surface area contributed by atoms with E-state index in [0.717, 1.165) is 29.8 Å². The molecule has 0 spiro atoms. The summed E-state index contributed by atoms with van der Waals surface area (Å²) in [7, 11) is -3.18. The van der Waals surface area contributed by atoms with E-state index in [1.54, 1.807) is 6.92 Å². The SMILES string of the molecule is CCNC(=NCc1ccc(C)cc1OC(C)CC)NCCNS(=O)(=O)CC.I. The van der Waals surface area contributed by atoms with Gasteiger partial charge in [0.25, 0.3) is 0 Å². The molecule has 0 heterocycles. The van der Waals surface area contributed by atoms with Gasteiger partial charge in [0.1, 0.15) is 5.75 Å². The van der Waals surface area contributed by atoms with Gasteiger partial charge in [-0.15, -0.1) is 24.0 Å². The highest BCUT2D eigenvalue weighted by Crippen LogP contribution is 2.23. The van der Waals surface area contributed by atoms with E-state index in [9.17, 15) is 8.42 Å². The predicted octanol–water partition coefficient (Wildman–Crippen LogP) is 2.78. The van der Waals surface area contributed by atoms with Crippen molar-refractivity contribution in [2.75, 3.05) is 25.4 Å². The van der Waals surface area contributed by atoms with Crippen LogP contribution in [-0.4, -0.2) is 45.9 Å². The number of guanidine groups is 1. The van der Waals surface area contributed by atoms with Gasteiger partial charge in [0.15, 0.2) is 5.96 Å². The summed E-state index contributed by atoms with van der Waals surface area (Å²) in [6.07, 6.45) is 1.08. The molecule has 0 aliphatic rings. The van der Waals surface area contributed by atoms with Crippen molar-refractivity contribution in [2.45, 2.75) is 53.7 Å². The molecule has 0 radical (unpaired) electrons. The summed E-state index contributed by atoms with van der Waals surface area (Å²) in [6, 6.07) is 6.13. The normalized spacial score (nSPS) is 12.8. The maximum atomic E-state index is 11.5. The van der Waals surface area contributed by atoms with Crippen molar-refractivity contribution in [3.05, 3.63) is 29.3 Å². The Bertz CT molecular complexity index is 711. The van der Waals surface area contributed by atoms with E-state index in [-0.39, 0.29) is 35.8 Å². The van der Waals surface area contributed by atoms with Crippen LogP contribution < -0.4 is 20.1 Å². The van der Waals surface area contributed by atoms with Gasteiger partial charge >= 0.3 is 0 Å². The number of hydrogen-bond acceptors (Lipinski definition) is 4. The van der Waals surface area contributed by atoms with Crippen molar-refractivity contribution < 1.29 is 13.2 Å². The number of benzene rings is 1. The Labute approximate surface area is 187 Å². The third-order valence-corrected chi connectivity index (χ3v) is 5.40. The van der Waals surface area contributed by atoms with Crippen LogP contribution in [0.25, 0.3) is 0 Å². The lowest BCUT2D eigenvalue weighted by molar-refractivity contribution is 0.215. The van der Waals surface area contributed by atoms with Crippen LogP contribution in [0.5, 0.6) is 5.75 Å². The summed E-state index contributed by atoms with van der Waals surface area (Å²) in [4.78, 5) is 4.60. The van der Waals surface area contributed by atoms with Crippen LogP contribution in [0.15, 0.2) is 23.2 Å². The molecular formula is C19H35IN4O3S. The van der Waals surface area contributed by atoms with E-state index in [2.05, 4.69) is 34.2 Å². The zero-order valence-corrected chi connectivity index (χ0v) is 20.7. The van der Waals surface area contributed by atoms with Gasteiger partial charge in [0, 0.05) is 25.2 Å². The highest BCUT2D eigenvalue weighted by molar-refractivity contribution is 14.0. The van der Waals surface area contributed by atoms with Gasteiger partial charge in [-0.3, -0.25) is 0 Å². The Kier molecular flexibility index (Phi) is 13.5. The minimum atomic E-state index is -3.18. The Balaban J connectivity index is 0.00000729. The highest BCUT2D eigenvalue weighted by atomic mass is 127. The summed E-state index contributed by atoms with van der Waals surface area (Å²) >= 11 is 0. The molecule has 0 amide bonds. The van der Waals surface area contributed by atoms with Crippen LogP contribution in [0, 0.1) is 6.92 Å². The quantitative estimate of drug-likeness (QED) is 0.179. The number of nitrogens with one attached hydrogen (secondary N) is 3. The smallest absolute Gasteiger partial charge is 0.211 e. The van der Waals surface area contributed by atoms with Crippen LogP contribution >= 0.6 is 24.0 Å². The monoisotopic (exact) mass is 526 g/mol. The summed E-state index contributed by atoms with van der Waals surface area (Å²) in [6.45, 7) is 11.7. The number of rotatable bonds is 11. The molecule has 3 N–H and O–H groups in total. The second kappa shape index (κ2) is 14.0. The van der Waals surface area contributed by atoms with Crippen molar-refractivity contribution in [1.82, 2.24) is 15.4 Å². The first-order valence-electron chi connectivity index (χ1n) is 9.56. The first-order valence-corrected chi connectivity index (χ1v) is 11.2. The van der Waals surface area contributed by atoms with Crippen LogP contribution in [0.4, 0.5) is 0 Å². The minimum Gasteiger partial charge on any atom is -0.490 e. The molecule has 28 heavy (non-hydrogen) atoms. The summed E-state index contributed by atoms with van der Waals surface area (Å²) in [5, 5.41) is 6.31. The molecule has 7 nitrogen and oxygen atoms in total. The maximum absolute atomic E-state index is 11.5. The zero-order chi connectivity index (χ0) is 20.3. The van der Waals surface area contributed by atoms with E-state index in [4.69, 9.17) is 4.74 Å². The predicted molar refractivity (Wildman–Crippen MR) is 127 cm³/mol. The summed E-state index contributed by atoms with van der Waals surface area (Å²) in [5.74, 6) is 1.58.